The number of hydrogen-bond acceptors (Lipinski definition) is 1. The minimum absolute atomic E-state index is 0.173. The van der Waals surface area contributed by atoms with E-state index >= 15 is 0 Å². The second kappa shape index (κ2) is 6.60. The maximum Gasteiger partial charge on any atom is 0.255 e. The van der Waals surface area contributed by atoms with Crippen molar-refractivity contribution in [3.8, 4) is 0 Å². The van der Waals surface area contributed by atoms with Gasteiger partial charge in [0.25, 0.3) is 5.91 Å². The molecule has 0 heterocycles. The molecule has 0 fully saturated rings. The quantitative estimate of drug-likeness (QED) is 0.527. The SMILES string of the molecule is O=C(Nc1ccc(Cl)c(I)c1)c1ccc(Cl)c(I)c1. The summed E-state index contributed by atoms with van der Waals surface area (Å²) in [5.41, 5.74) is 1.28. The van der Waals surface area contributed by atoms with Gasteiger partial charge in [0, 0.05) is 18.4 Å². The van der Waals surface area contributed by atoms with Gasteiger partial charge in [-0.1, -0.05) is 23.2 Å². The highest BCUT2D eigenvalue weighted by Crippen LogP contribution is 2.23. The van der Waals surface area contributed by atoms with E-state index in [1.54, 1.807) is 30.3 Å². The number of carbonyl (C=O) groups excluding carboxylic acids is 1. The van der Waals surface area contributed by atoms with E-state index in [2.05, 4.69) is 50.5 Å². The van der Waals surface area contributed by atoms with Gasteiger partial charge in [-0.2, -0.15) is 0 Å². The average Bonchev–Trinajstić information content (AvgIpc) is 2.37. The fourth-order valence-corrected chi connectivity index (χ4v) is 2.68. The van der Waals surface area contributed by atoms with Gasteiger partial charge in [-0.05, 0) is 81.6 Å². The summed E-state index contributed by atoms with van der Waals surface area (Å²) in [6.45, 7) is 0. The van der Waals surface area contributed by atoms with Crippen molar-refractivity contribution in [3.63, 3.8) is 0 Å². The zero-order valence-corrected chi connectivity index (χ0v) is 15.2. The Kier molecular flexibility index (Phi) is 5.33. The van der Waals surface area contributed by atoms with E-state index in [4.69, 9.17) is 23.2 Å². The highest BCUT2D eigenvalue weighted by Gasteiger charge is 2.09. The van der Waals surface area contributed by atoms with Gasteiger partial charge in [0.05, 0.1) is 10.0 Å². The summed E-state index contributed by atoms with van der Waals surface area (Å²) in [5.74, 6) is -0.173. The van der Waals surface area contributed by atoms with Crippen LogP contribution in [-0.4, -0.2) is 5.91 Å². The molecule has 2 aromatic rings. The number of benzene rings is 2. The summed E-state index contributed by atoms with van der Waals surface area (Å²) < 4.78 is 1.74. The number of anilines is 1. The van der Waals surface area contributed by atoms with E-state index in [0.29, 0.717) is 21.3 Å². The second-order valence-corrected chi connectivity index (χ2v) is 6.85. The van der Waals surface area contributed by atoms with Gasteiger partial charge in [0.1, 0.15) is 0 Å². The van der Waals surface area contributed by atoms with Gasteiger partial charge >= 0.3 is 0 Å². The molecule has 0 aliphatic carbocycles. The van der Waals surface area contributed by atoms with Crippen LogP contribution in [0.4, 0.5) is 5.69 Å². The van der Waals surface area contributed by atoms with Crippen LogP contribution in [0.2, 0.25) is 10.0 Å². The molecule has 19 heavy (non-hydrogen) atoms. The fourth-order valence-electron chi connectivity index (χ4n) is 1.41. The lowest BCUT2D eigenvalue weighted by atomic mass is 10.2. The molecule has 2 nitrogen and oxygen atoms in total. The molecule has 0 radical (unpaired) electrons. The highest BCUT2D eigenvalue weighted by molar-refractivity contribution is 14.1. The third-order valence-electron chi connectivity index (χ3n) is 2.36. The van der Waals surface area contributed by atoms with Crippen LogP contribution < -0.4 is 5.32 Å². The molecule has 0 bridgehead atoms. The summed E-state index contributed by atoms with van der Waals surface area (Å²) >= 11 is 16.1. The fraction of sp³-hybridized carbons (Fsp3) is 0. The number of hydrogen-bond donors (Lipinski definition) is 1. The van der Waals surface area contributed by atoms with Gasteiger partial charge in [-0.3, -0.25) is 4.79 Å². The number of halogens is 4. The van der Waals surface area contributed by atoms with Crippen molar-refractivity contribution in [1.82, 2.24) is 0 Å². The lowest BCUT2D eigenvalue weighted by Gasteiger charge is -2.07. The standard InChI is InChI=1S/C13H7Cl2I2NO/c14-9-3-1-7(5-11(9)16)13(19)18-8-2-4-10(15)12(17)6-8/h1-6H,(H,18,19). The van der Waals surface area contributed by atoms with E-state index in [9.17, 15) is 4.79 Å². The minimum atomic E-state index is -0.173. The normalized spacial score (nSPS) is 10.3. The van der Waals surface area contributed by atoms with Crippen molar-refractivity contribution in [2.75, 3.05) is 5.32 Å². The first-order valence-corrected chi connectivity index (χ1v) is 8.10. The van der Waals surface area contributed by atoms with Crippen LogP contribution in [0.5, 0.6) is 0 Å². The van der Waals surface area contributed by atoms with Gasteiger partial charge in [0.2, 0.25) is 0 Å². The van der Waals surface area contributed by atoms with Crippen molar-refractivity contribution in [3.05, 3.63) is 59.1 Å². The summed E-state index contributed by atoms with van der Waals surface area (Å²) in [6, 6.07) is 10.5. The van der Waals surface area contributed by atoms with Gasteiger partial charge in [0.15, 0.2) is 0 Å². The Labute approximate surface area is 148 Å². The van der Waals surface area contributed by atoms with E-state index in [0.717, 1.165) is 7.14 Å². The molecule has 0 aliphatic heterocycles. The molecule has 0 spiro atoms. The Morgan fingerprint density at radius 2 is 1.53 bits per heavy atom. The van der Waals surface area contributed by atoms with Crippen LogP contribution in [0.1, 0.15) is 10.4 Å². The summed E-state index contributed by atoms with van der Waals surface area (Å²) in [6.07, 6.45) is 0. The van der Waals surface area contributed by atoms with E-state index in [-0.39, 0.29) is 5.91 Å². The largest absolute Gasteiger partial charge is 0.322 e. The smallest absolute Gasteiger partial charge is 0.255 e. The third kappa shape index (κ3) is 3.96. The van der Waals surface area contributed by atoms with Crippen molar-refractivity contribution < 1.29 is 4.79 Å². The van der Waals surface area contributed by atoms with Crippen LogP contribution in [0.25, 0.3) is 0 Å². The van der Waals surface area contributed by atoms with Crippen molar-refractivity contribution in [2.24, 2.45) is 0 Å². The molecule has 0 saturated heterocycles. The molecular formula is C13H7Cl2I2NO. The molecule has 2 rings (SSSR count). The van der Waals surface area contributed by atoms with Crippen LogP contribution in [0, 0.1) is 7.14 Å². The molecule has 1 N–H and O–H groups in total. The average molecular weight is 518 g/mol. The van der Waals surface area contributed by atoms with E-state index < -0.39 is 0 Å². The molecule has 0 unspecified atom stereocenters. The Morgan fingerprint density at radius 1 is 0.947 bits per heavy atom. The van der Waals surface area contributed by atoms with Gasteiger partial charge in [-0.25, -0.2) is 0 Å². The van der Waals surface area contributed by atoms with Crippen molar-refractivity contribution in [1.29, 1.82) is 0 Å². The maximum atomic E-state index is 12.1. The van der Waals surface area contributed by atoms with Crippen molar-refractivity contribution in [2.45, 2.75) is 0 Å². The highest BCUT2D eigenvalue weighted by atomic mass is 127. The number of nitrogens with one attached hydrogen (secondary N) is 1. The Bertz CT molecular complexity index is 647. The predicted octanol–water partition coefficient (Wildman–Crippen LogP) is 5.45. The Morgan fingerprint density at radius 3 is 2.11 bits per heavy atom. The molecule has 6 heteroatoms. The predicted molar refractivity (Wildman–Crippen MR) is 96.3 cm³/mol. The summed E-state index contributed by atoms with van der Waals surface area (Å²) in [5, 5.41) is 4.13. The lowest BCUT2D eigenvalue weighted by Crippen LogP contribution is -2.12. The molecular weight excluding hydrogens is 511 g/mol. The second-order valence-electron chi connectivity index (χ2n) is 3.71. The summed E-state index contributed by atoms with van der Waals surface area (Å²) in [4.78, 5) is 12.1. The molecule has 0 saturated carbocycles. The molecule has 0 aliphatic rings. The van der Waals surface area contributed by atoms with Crippen LogP contribution in [0.15, 0.2) is 36.4 Å². The molecule has 2 aromatic carbocycles. The zero-order chi connectivity index (χ0) is 14.0. The first-order valence-electron chi connectivity index (χ1n) is 5.19. The van der Waals surface area contributed by atoms with Gasteiger partial charge < -0.3 is 5.32 Å². The van der Waals surface area contributed by atoms with E-state index in [1.165, 1.54) is 0 Å². The molecule has 98 valence electrons. The number of rotatable bonds is 2. The van der Waals surface area contributed by atoms with Gasteiger partial charge in [-0.15, -0.1) is 0 Å². The first kappa shape index (κ1) is 15.3. The Hall–Kier alpha value is -0.0500. The number of carbonyl (C=O) groups is 1. The number of amides is 1. The molecule has 0 atom stereocenters. The monoisotopic (exact) mass is 517 g/mol. The minimum Gasteiger partial charge on any atom is -0.322 e. The third-order valence-corrected chi connectivity index (χ3v) is 5.44. The Balaban J connectivity index is 2.20. The molecule has 0 aromatic heterocycles. The van der Waals surface area contributed by atoms with Crippen LogP contribution in [0.3, 0.4) is 0 Å². The van der Waals surface area contributed by atoms with Crippen LogP contribution >= 0.6 is 68.4 Å². The summed E-state index contributed by atoms with van der Waals surface area (Å²) in [7, 11) is 0. The topological polar surface area (TPSA) is 29.1 Å². The van der Waals surface area contributed by atoms with Crippen LogP contribution in [-0.2, 0) is 0 Å². The maximum absolute atomic E-state index is 12.1. The lowest BCUT2D eigenvalue weighted by molar-refractivity contribution is 0.102. The first-order chi connectivity index (χ1) is 8.97. The zero-order valence-electron chi connectivity index (χ0n) is 9.38. The van der Waals surface area contributed by atoms with E-state index in [1.807, 2.05) is 6.07 Å². The molecule has 1 amide bonds. The van der Waals surface area contributed by atoms with Crippen molar-refractivity contribution >= 4 is 80.0 Å².